The summed E-state index contributed by atoms with van der Waals surface area (Å²) in [6.07, 6.45) is 0. The zero-order valence-corrected chi connectivity index (χ0v) is 15.0. The highest BCUT2D eigenvalue weighted by molar-refractivity contribution is 8.14. The van der Waals surface area contributed by atoms with Crippen LogP contribution in [0, 0.1) is 11.3 Å². The van der Waals surface area contributed by atoms with Crippen LogP contribution in [-0.2, 0) is 11.4 Å². The van der Waals surface area contributed by atoms with E-state index in [-0.39, 0.29) is 42.4 Å². The summed E-state index contributed by atoms with van der Waals surface area (Å²) in [5.41, 5.74) is 0.409. The van der Waals surface area contributed by atoms with Crippen LogP contribution in [0.4, 0.5) is 4.79 Å². The number of carbonyl (C=O) groups is 3. The standard InChI is InChI=1S/C18H15N3O5S/c19-9-12-3-1-2-4-14(12)25-10-13-5-6-15(26-13)17(23)20-7-8-21-16(22)11-27-18(21)24/h1-6H,7-8,10-11H2,(H,20,23). The molecule has 1 N–H and O–H groups in total. The quantitative estimate of drug-likeness (QED) is 0.777. The molecule has 1 aromatic heterocycles. The number of amides is 3. The highest BCUT2D eigenvalue weighted by Gasteiger charge is 2.29. The van der Waals surface area contributed by atoms with Gasteiger partial charge in [0.15, 0.2) is 5.76 Å². The highest BCUT2D eigenvalue weighted by atomic mass is 32.2. The van der Waals surface area contributed by atoms with Gasteiger partial charge in [0.1, 0.15) is 24.2 Å². The van der Waals surface area contributed by atoms with Crippen LogP contribution in [0.1, 0.15) is 21.9 Å². The second kappa shape index (κ2) is 8.42. The van der Waals surface area contributed by atoms with Crippen LogP contribution in [0.5, 0.6) is 5.75 Å². The number of furan rings is 1. The molecule has 2 heterocycles. The number of carbonyl (C=O) groups excluding carboxylic acids is 3. The molecule has 0 radical (unpaired) electrons. The molecular weight excluding hydrogens is 370 g/mol. The minimum atomic E-state index is -0.453. The number of ether oxygens (including phenoxy) is 1. The molecule has 0 saturated carbocycles. The van der Waals surface area contributed by atoms with E-state index in [2.05, 4.69) is 5.32 Å². The lowest BCUT2D eigenvalue weighted by Gasteiger charge is -2.12. The molecule has 1 aromatic carbocycles. The lowest BCUT2D eigenvalue weighted by atomic mass is 10.2. The van der Waals surface area contributed by atoms with Crippen molar-refractivity contribution in [1.29, 1.82) is 5.26 Å². The van der Waals surface area contributed by atoms with Crippen molar-refractivity contribution in [3.05, 3.63) is 53.5 Å². The van der Waals surface area contributed by atoms with Gasteiger partial charge in [0.05, 0.1) is 11.3 Å². The molecule has 138 valence electrons. The Morgan fingerprint density at radius 2 is 2.11 bits per heavy atom. The number of benzene rings is 1. The number of imide groups is 1. The number of nitrogens with zero attached hydrogens (tertiary/aromatic N) is 2. The zero-order chi connectivity index (χ0) is 19.2. The van der Waals surface area contributed by atoms with Crippen LogP contribution in [0.2, 0.25) is 0 Å². The van der Waals surface area contributed by atoms with Crippen LogP contribution < -0.4 is 10.1 Å². The van der Waals surface area contributed by atoms with Crippen LogP contribution in [0.15, 0.2) is 40.8 Å². The second-order valence-electron chi connectivity index (χ2n) is 5.52. The number of thioether (sulfide) groups is 1. The molecule has 1 aliphatic rings. The van der Waals surface area contributed by atoms with E-state index in [0.29, 0.717) is 17.1 Å². The molecule has 0 spiro atoms. The summed E-state index contributed by atoms with van der Waals surface area (Å²) in [5.74, 6) is 0.383. The van der Waals surface area contributed by atoms with Gasteiger partial charge in [-0.2, -0.15) is 5.26 Å². The monoisotopic (exact) mass is 385 g/mol. The van der Waals surface area contributed by atoms with Crippen LogP contribution >= 0.6 is 11.8 Å². The number of para-hydroxylation sites is 1. The molecule has 0 unspecified atom stereocenters. The molecule has 0 atom stereocenters. The van der Waals surface area contributed by atoms with E-state index in [1.165, 1.54) is 6.07 Å². The molecule has 0 aliphatic carbocycles. The van der Waals surface area contributed by atoms with Gasteiger partial charge in [-0.3, -0.25) is 19.3 Å². The van der Waals surface area contributed by atoms with E-state index in [4.69, 9.17) is 14.4 Å². The maximum atomic E-state index is 12.1. The van der Waals surface area contributed by atoms with Crippen LogP contribution in [0.25, 0.3) is 0 Å². The van der Waals surface area contributed by atoms with Crippen LogP contribution in [-0.4, -0.2) is 40.8 Å². The second-order valence-corrected chi connectivity index (χ2v) is 6.45. The topological polar surface area (TPSA) is 113 Å². The molecule has 3 amide bonds. The maximum Gasteiger partial charge on any atom is 0.288 e. The van der Waals surface area contributed by atoms with Crippen molar-refractivity contribution in [3.63, 3.8) is 0 Å². The molecular formula is C18H15N3O5S. The van der Waals surface area contributed by atoms with Gasteiger partial charge >= 0.3 is 0 Å². The Hall–Kier alpha value is -3.25. The Bertz CT molecular complexity index is 902. The molecule has 1 fully saturated rings. The molecule has 3 rings (SSSR count). The molecule has 2 aromatic rings. The summed E-state index contributed by atoms with van der Waals surface area (Å²) < 4.78 is 11.0. The Morgan fingerprint density at radius 3 is 2.85 bits per heavy atom. The van der Waals surface area contributed by atoms with Gasteiger partial charge in [-0.1, -0.05) is 23.9 Å². The molecule has 1 aliphatic heterocycles. The van der Waals surface area contributed by atoms with Crippen molar-refractivity contribution in [2.24, 2.45) is 0 Å². The van der Waals surface area contributed by atoms with Gasteiger partial charge in [-0.05, 0) is 24.3 Å². The third-order valence-electron chi connectivity index (χ3n) is 3.72. The van der Waals surface area contributed by atoms with Crippen molar-refractivity contribution < 1.29 is 23.5 Å². The van der Waals surface area contributed by atoms with E-state index >= 15 is 0 Å². The van der Waals surface area contributed by atoms with E-state index in [1.807, 2.05) is 6.07 Å². The summed E-state index contributed by atoms with van der Waals surface area (Å²) in [4.78, 5) is 36.2. The first-order valence-corrected chi connectivity index (χ1v) is 9.03. The van der Waals surface area contributed by atoms with Gasteiger partial charge in [-0.25, -0.2) is 0 Å². The van der Waals surface area contributed by atoms with Crippen molar-refractivity contribution in [2.75, 3.05) is 18.8 Å². The summed E-state index contributed by atoms with van der Waals surface area (Å²) in [6.45, 7) is 0.330. The summed E-state index contributed by atoms with van der Waals surface area (Å²) in [6, 6.07) is 12.0. The van der Waals surface area contributed by atoms with Gasteiger partial charge in [0.2, 0.25) is 5.91 Å². The molecule has 9 heteroatoms. The van der Waals surface area contributed by atoms with Crippen molar-refractivity contribution in [2.45, 2.75) is 6.61 Å². The first kappa shape index (κ1) is 18.5. The van der Waals surface area contributed by atoms with Gasteiger partial charge in [-0.15, -0.1) is 0 Å². The number of rotatable bonds is 7. The normalized spacial score (nSPS) is 13.5. The van der Waals surface area contributed by atoms with Crippen LogP contribution in [0.3, 0.4) is 0 Å². The highest BCUT2D eigenvalue weighted by Crippen LogP contribution is 2.19. The third-order valence-corrected chi connectivity index (χ3v) is 4.58. The predicted molar refractivity (Wildman–Crippen MR) is 96.1 cm³/mol. The minimum absolute atomic E-state index is 0.0694. The average Bonchev–Trinajstić information content (AvgIpc) is 3.28. The van der Waals surface area contributed by atoms with Crippen molar-refractivity contribution in [3.8, 4) is 11.8 Å². The fraction of sp³-hybridized carbons (Fsp3) is 0.222. The Labute approximate surface area is 159 Å². The van der Waals surface area contributed by atoms with E-state index in [0.717, 1.165) is 16.7 Å². The lowest BCUT2D eigenvalue weighted by molar-refractivity contribution is -0.124. The SMILES string of the molecule is N#Cc1ccccc1OCc1ccc(C(=O)NCCN2C(=O)CSC2=O)o1. The Balaban J connectivity index is 1.49. The predicted octanol–water partition coefficient (Wildman–Crippen LogP) is 2.16. The smallest absolute Gasteiger partial charge is 0.288 e. The summed E-state index contributed by atoms with van der Waals surface area (Å²) >= 11 is 0.950. The summed E-state index contributed by atoms with van der Waals surface area (Å²) in [7, 11) is 0. The first-order chi connectivity index (χ1) is 13.1. The number of hydrogen-bond acceptors (Lipinski definition) is 7. The Kier molecular flexibility index (Phi) is 5.78. The number of hydrogen-bond donors (Lipinski definition) is 1. The molecule has 8 nitrogen and oxygen atoms in total. The third kappa shape index (κ3) is 4.48. The fourth-order valence-corrected chi connectivity index (χ4v) is 3.13. The Morgan fingerprint density at radius 1 is 1.30 bits per heavy atom. The largest absolute Gasteiger partial charge is 0.484 e. The van der Waals surface area contributed by atoms with Gasteiger partial charge < -0.3 is 14.5 Å². The first-order valence-electron chi connectivity index (χ1n) is 8.04. The molecule has 1 saturated heterocycles. The van der Waals surface area contributed by atoms with E-state index < -0.39 is 5.91 Å². The molecule has 0 bridgehead atoms. The number of nitrogens with one attached hydrogen (secondary N) is 1. The van der Waals surface area contributed by atoms with Crippen molar-refractivity contribution >= 4 is 28.8 Å². The van der Waals surface area contributed by atoms with Gasteiger partial charge in [0.25, 0.3) is 11.1 Å². The maximum absolute atomic E-state index is 12.1. The van der Waals surface area contributed by atoms with E-state index in [1.54, 1.807) is 30.3 Å². The molecule has 27 heavy (non-hydrogen) atoms. The zero-order valence-electron chi connectivity index (χ0n) is 14.1. The summed E-state index contributed by atoms with van der Waals surface area (Å²) in [5, 5.41) is 11.3. The average molecular weight is 385 g/mol. The number of nitriles is 1. The van der Waals surface area contributed by atoms with Gasteiger partial charge in [0, 0.05) is 13.1 Å². The lowest BCUT2D eigenvalue weighted by Crippen LogP contribution is -2.37. The van der Waals surface area contributed by atoms with Crippen molar-refractivity contribution in [1.82, 2.24) is 10.2 Å². The minimum Gasteiger partial charge on any atom is -0.484 e. The van der Waals surface area contributed by atoms with E-state index in [9.17, 15) is 14.4 Å². The fourth-order valence-electron chi connectivity index (χ4n) is 2.38.